The Morgan fingerprint density at radius 2 is 1.42 bits per heavy atom. The molecule has 7 heteroatoms. The molecule has 5 heterocycles. The fourth-order valence-electron chi connectivity index (χ4n) is 5.93. The van der Waals surface area contributed by atoms with Crippen LogP contribution >= 0.6 is 0 Å². The van der Waals surface area contributed by atoms with Gasteiger partial charge in [0.25, 0.3) is 0 Å². The molecule has 2 atom stereocenters. The van der Waals surface area contributed by atoms with E-state index >= 15 is 0 Å². The van der Waals surface area contributed by atoms with Crippen LogP contribution in [0.1, 0.15) is 74.3 Å². The summed E-state index contributed by atoms with van der Waals surface area (Å²) in [7, 11) is 0. The van der Waals surface area contributed by atoms with Crippen molar-refractivity contribution in [3.05, 3.63) is 78.2 Å². The number of hydrogen-bond acceptors (Lipinski definition) is 3. The standard InChI is InChI=1S/C29H30N4O3/c1-11-7-17-8-18-12(2)13(3)19(31-18)9-20-14(4)15(5)21(32-20)10-22-16(6)23-27(33-22)24(26(11)30-17)25(28(23)34)29(35)36/h8-11,25,30-33H,7H2,1-6H3,(H,35,36)/b17-8-,20-9-,21-10-,26-24-/t11-,25+/m0/s1. The van der Waals surface area contributed by atoms with Gasteiger partial charge in [-0.3, -0.25) is 9.59 Å². The van der Waals surface area contributed by atoms with Crippen LogP contribution in [0.25, 0.3) is 23.8 Å². The number of ketones is 1. The highest BCUT2D eigenvalue weighted by atomic mass is 16.4. The molecule has 2 aliphatic heterocycles. The first kappa shape index (κ1) is 22.5. The van der Waals surface area contributed by atoms with Gasteiger partial charge in [-0.1, -0.05) is 6.92 Å². The molecular formula is C29H30N4O3. The molecule has 7 nitrogen and oxygen atoms in total. The number of aliphatic carboxylic acids is 1. The van der Waals surface area contributed by atoms with E-state index in [0.29, 0.717) is 16.8 Å². The van der Waals surface area contributed by atoms with E-state index < -0.39 is 11.9 Å². The van der Waals surface area contributed by atoms with Crippen molar-refractivity contribution in [2.75, 3.05) is 0 Å². The van der Waals surface area contributed by atoms with Gasteiger partial charge < -0.3 is 25.4 Å². The van der Waals surface area contributed by atoms with Gasteiger partial charge in [0.2, 0.25) is 0 Å². The molecule has 3 aromatic heterocycles. The zero-order valence-electron chi connectivity index (χ0n) is 21.4. The number of nitrogens with one attached hydrogen (secondary N) is 4. The van der Waals surface area contributed by atoms with Gasteiger partial charge in [-0.15, -0.1) is 0 Å². The Bertz CT molecular complexity index is 1700. The number of carbonyl (C=O) groups is 2. The van der Waals surface area contributed by atoms with Crippen molar-refractivity contribution in [1.29, 1.82) is 0 Å². The SMILES string of the molecule is Cc1c2[nH]c(c1C)/C=c1\[nH]/c(c(C)c1C)=C\c1[nH]c3c(c1C)C(=O)[C@H](C(=O)O)/C3=C1/N/C(=C\2)C[C@@H]1C. The molecule has 36 heavy (non-hydrogen) atoms. The molecule has 0 unspecified atom stereocenters. The average molecular weight is 483 g/mol. The van der Waals surface area contributed by atoms with Gasteiger partial charge in [-0.25, -0.2) is 0 Å². The number of carbonyl (C=O) groups excluding carboxylic acids is 1. The van der Waals surface area contributed by atoms with Crippen LogP contribution in [0.4, 0.5) is 0 Å². The number of allylic oxidation sites excluding steroid dienone is 2. The van der Waals surface area contributed by atoms with E-state index in [4.69, 9.17) is 0 Å². The van der Waals surface area contributed by atoms with E-state index in [-0.39, 0.29) is 11.7 Å². The van der Waals surface area contributed by atoms with Gasteiger partial charge in [-0.2, -0.15) is 0 Å². The van der Waals surface area contributed by atoms with E-state index in [1.807, 2.05) is 13.0 Å². The van der Waals surface area contributed by atoms with Crippen LogP contribution < -0.4 is 16.0 Å². The van der Waals surface area contributed by atoms with E-state index in [0.717, 1.165) is 62.3 Å². The zero-order valence-corrected chi connectivity index (χ0v) is 21.4. The summed E-state index contributed by atoms with van der Waals surface area (Å²) in [5.41, 5.74) is 11.8. The number of carboxylic acids is 1. The second-order valence-electron chi connectivity index (χ2n) is 10.5. The summed E-state index contributed by atoms with van der Waals surface area (Å²) in [6.07, 6.45) is 7.04. The lowest BCUT2D eigenvalue weighted by molar-refractivity contribution is -0.138. The van der Waals surface area contributed by atoms with Gasteiger partial charge in [0.1, 0.15) is 5.92 Å². The Morgan fingerprint density at radius 1 is 0.833 bits per heavy atom. The Balaban J connectivity index is 1.73. The molecule has 1 saturated heterocycles. The fourth-order valence-corrected chi connectivity index (χ4v) is 5.93. The van der Waals surface area contributed by atoms with Crippen molar-refractivity contribution < 1.29 is 14.7 Å². The van der Waals surface area contributed by atoms with E-state index in [1.54, 1.807) is 0 Å². The van der Waals surface area contributed by atoms with Crippen molar-refractivity contribution in [3.8, 4) is 0 Å². The normalized spacial score (nSPS) is 25.6. The summed E-state index contributed by atoms with van der Waals surface area (Å²) in [6, 6.07) is 0. The van der Waals surface area contributed by atoms with Crippen LogP contribution in [-0.2, 0) is 4.79 Å². The van der Waals surface area contributed by atoms with Gasteiger partial charge in [0, 0.05) is 56.2 Å². The van der Waals surface area contributed by atoms with E-state index in [1.165, 1.54) is 11.1 Å². The quantitative estimate of drug-likeness (QED) is 0.342. The number of aromatic nitrogens is 3. The third-order valence-corrected chi connectivity index (χ3v) is 8.38. The number of carboxylic acid groups (broad SMARTS) is 1. The van der Waals surface area contributed by atoms with Crippen LogP contribution in [-0.4, -0.2) is 31.8 Å². The first-order valence-electron chi connectivity index (χ1n) is 12.4. The van der Waals surface area contributed by atoms with Crippen LogP contribution in [0, 0.1) is 46.5 Å². The molecular weight excluding hydrogens is 452 g/mol. The molecule has 0 aromatic carbocycles. The first-order valence-corrected chi connectivity index (χ1v) is 12.4. The van der Waals surface area contributed by atoms with Crippen LogP contribution in [0.3, 0.4) is 0 Å². The number of Topliss-reactive ketones (excluding diaryl/α,β-unsaturated/α-hetero) is 1. The molecule has 0 spiro atoms. The third kappa shape index (κ3) is 2.98. The Hall–Kier alpha value is -4.00. The molecule has 0 amide bonds. The lowest BCUT2D eigenvalue weighted by Gasteiger charge is -2.14. The van der Waals surface area contributed by atoms with Gasteiger partial charge in [0.05, 0.1) is 5.69 Å². The Morgan fingerprint density at radius 3 is 2.03 bits per heavy atom. The molecule has 184 valence electrons. The van der Waals surface area contributed by atoms with Gasteiger partial charge in [0.15, 0.2) is 5.78 Å². The van der Waals surface area contributed by atoms with Crippen LogP contribution in [0.15, 0.2) is 11.4 Å². The monoisotopic (exact) mass is 482 g/mol. The summed E-state index contributed by atoms with van der Waals surface area (Å²) in [6.45, 7) is 12.4. The second-order valence-corrected chi connectivity index (χ2v) is 10.5. The first-order chi connectivity index (χ1) is 17.1. The molecule has 0 saturated carbocycles. The molecule has 1 aliphatic carbocycles. The van der Waals surface area contributed by atoms with E-state index in [9.17, 15) is 14.7 Å². The van der Waals surface area contributed by atoms with E-state index in [2.05, 4.69) is 67.0 Å². The lowest BCUT2D eigenvalue weighted by Crippen LogP contribution is -2.23. The van der Waals surface area contributed by atoms with Crippen molar-refractivity contribution in [1.82, 2.24) is 20.3 Å². The Labute approximate surface area is 208 Å². The minimum atomic E-state index is -1.21. The highest BCUT2D eigenvalue weighted by Gasteiger charge is 2.46. The predicted octanol–water partition coefficient (Wildman–Crippen LogP) is 3.46. The summed E-state index contributed by atoms with van der Waals surface area (Å²) >= 11 is 0. The molecule has 8 bridgehead atoms. The Kier molecular flexibility index (Phi) is 4.68. The molecule has 3 aromatic rings. The maximum atomic E-state index is 13.4. The molecule has 0 radical (unpaired) electrons. The lowest BCUT2D eigenvalue weighted by atomic mass is 9.93. The number of H-pyrrole nitrogens is 3. The molecule has 3 aliphatic rings. The fraction of sp³-hybridized carbons (Fsp3) is 0.310. The number of aromatic amines is 3. The van der Waals surface area contributed by atoms with Crippen molar-refractivity contribution in [2.45, 2.75) is 48.0 Å². The maximum absolute atomic E-state index is 13.4. The van der Waals surface area contributed by atoms with Gasteiger partial charge in [-0.05, 0) is 87.1 Å². The zero-order chi connectivity index (χ0) is 25.6. The number of fused-ring (bicyclic) bond motifs is 7. The van der Waals surface area contributed by atoms with Crippen molar-refractivity contribution in [2.24, 2.45) is 11.8 Å². The maximum Gasteiger partial charge on any atom is 0.319 e. The summed E-state index contributed by atoms with van der Waals surface area (Å²) in [5, 5.41) is 15.6. The predicted molar refractivity (Wildman–Crippen MR) is 140 cm³/mol. The average Bonchev–Trinajstić information content (AvgIpc) is 3.55. The summed E-state index contributed by atoms with van der Waals surface area (Å²) < 4.78 is 0. The summed E-state index contributed by atoms with van der Waals surface area (Å²) in [4.78, 5) is 36.3. The second kappa shape index (κ2) is 7.50. The highest BCUT2D eigenvalue weighted by molar-refractivity contribution is 6.24. The van der Waals surface area contributed by atoms with Gasteiger partial charge >= 0.3 is 5.97 Å². The van der Waals surface area contributed by atoms with Crippen molar-refractivity contribution in [3.63, 3.8) is 0 Å². The number of rotatable bonds is 1. The largest absolute Gasteiger partial charge is 0.480 e. The van der Waals surface area contributed by atoms with Crippen molar-refractivity contribution >= 4 is 35.6 Å². The highest BCUT2D eigenvalue weighted by Crippen LogP contribution is 2.45. The van der Waals surface area contributed by atoms with Crippen LogP contribution in [0.5, 0.6) is 0 Å². The third-order valence-electron chi connectivity index (χ3n) is 8.38. The molecule has 6 rings (SSSR count). The van der Waals surface area contributed by atoms with Crippen LogP contribution in [0.2, 0.25) is 0 Å². The molecule has 5 N–H and O–H groups in total. The topological polar surface area (TPSA) is 114 Å². The summed E-state index contributed by atoms with van der Waals surface area (Å²) in [5.74, 6) is -2.63. The smallest absolute Gasteiger partial charge is 0.319 e. The minimum Gasteiger partial charge on any atom is -0.480 e. The molecule has 1 fully saturated rings. The minimum absolute atomic E-state index is 0.0522. The number of hydrogen-bond donors (Lipinski definition) is 5.